The van der Waals surface area contributed by atoms with E-state index < -0.39 is 5.92 Å². The molecule has 1 fully saturated rings. The maximum Gasteiger partial charge on any atom is 0.311 e. The number of furan rings is 1. The summed E-state index contributed by atoms with van der Waals surface area (Å²) >= 11 is 0. The summed E-state index contributed by atoms with van der Waals surface area (Å²) in [5, 5.41) is 2.07. The lowest BCUT2D eigenvalue weighted by Gasteiger charge is -2.16. The third kappa shape index (κ3) is 2.33. The number of hydrogen-bond donors (Lipinski definition) is 0. The quantitative estimate of drug-likeness (QED) is 0.692. The van der Waals surface area contributed by atoms with E-state index in [9.17, 15) is 9.59 Å². The third-order valence-electron chi connectivity index (χ3n) is 4.42. The van der Waals surface area contributed by atoms with Gasteiger partial charge in [-0.2, -0.15) is 0 Å². The van der Waals surface area contributed by atoms with Crippen LogP contribution in [-0.4, -0.2) is 25.0 Å². The van der Waals surface area contributed by atoms with Gasteiger partial charge in [0.15, 0.2) is 0 Å². The van der Waals surface area contributed by atoms with Gasteiger partial charge in [-0.3, -0.25) is 9.59 Å². The standard InChI is InChI=1S/C19H17NO4/c1-2-23-19(22)12-9-18(21)20(11-12)13-7-8-15-14-5-3-4-6-16(14)24-17(15)10-13/h3-8,10,12H,2,9,11H2,1H3. The van der Waals surface area contributed by atoms with Gasteiger partial charge in [0.2, 0.25) is 5.91 Å². The Morgan fingerprint density at radius 3 is 2.83 bits per heavy atom. The predicted molar refractivity (Wildman–Crippen MR) is 90.8 cm³/mol. The number of ether oxygens (including phenoxy) is 1. The Kier molecular flexibility index (Phi) is 3.49. The number of nitrogens with zero attached hydrogens (tertiary/aromatic N) is 1. The van der Waals surface area contributed by atoms with Crippen molar-refractivity contribution in [3.05, 3.63) is 42.5 Å². The van der Waals surface area contributed by atoms with Gasteiger partial charge in [0.25, 0.3) is 0 Å². The summed E-state index contributed by atoms with van der Waals surface area (Å²) < 4.78 is 10.9. The fourth-order valence-corrected chi connectivity index (χ4v) is 3.26. The highest BCUT2D eigenvalue weighted by molar-refractivity contribution is 6.07. The first-order valence-corrected chi connectivity index (χ1v) is 8.05. The lowest BCUT2D eigenvalue weighted by molar-refractivity contribution is -0.147. The number of amides is 1. The summed E-state index contributed by atoms with van der Waals surface area (Å²) in [6, 6.07) is 13.6. The van der Waals surface area contributed by atoms with Gasteiger partial charge in [0.05, 0.1) is 12.5 Å². The zero-order chi connectivity index (χ0) is 16.7. The molecule has 2 heterocycles. The number of anilines is 1. The molecule has 1 saturated heterocycles. The highest BCUT2D eigenvalue weighted by Gasteiger charge is 2.36. The van der Waals surface area contributed by atoms with E-state index in [1.54, 1.807) is 11.8 Å². The van der Waals surface area contributed by atoms with Crippen LogP contribution in [0.5, 0.6) is 0 Å². The molecule has 0 N–H and O–H groups in total. The van der Waals surface area contributed by atoms with Crippen LogP contribution in [0.2, 0.25) is 0 Å². The van der Waals surface area contributed by atoms with E-state index in [1.165, 1.54) is 0 Å². The SMILES string of the molecule is CCOC(=O)C1CC(=O)N(c2ccc3c(c2)oc2ccccc23)C1. The van der Waals surface area contributed by atoms with E-state index in [0.29, 0.717) is 13.2 Å². The first-order valence-electron chi connectivity index (χ1n) is 8.05. The largest absolute Gasteiger partial charge is 0.466 e. The fraction of sp³-hybridized carbons (Fsp3) is 0.263. The molecule has 0 aliphatic carbocycles. The van der Waals surface area contributed by atoms with Crippen molar-refractivity contribution >= 4 is 39.5 Å². The second-order valence-corrected chi connectivity index (χ2v) is 5.94. The molecule has 4 rings (SSSR count). The van der Waals surface area contributed by atoms with Crippen molar-refractivity contribution in [3.8, 4) is 0 Å². The van der Waals surface area contributed by atoms with Crippen LogP contribution in [0.1, 0.15) is 13.3 Å². The van der Waals surface area contributed by atoms with Crippen LogP contribution in [0, 0.1) is 5.92 Å². The van der Waals surface area contributed by atoms with Crippen molar-refractivity contribution in [2.75, 3.05) is 18.1 Å². The molecule has 24 heavy (non-hydrogen) atoms. The number of fused-ring (bicyclic) bond motifs is 3. The van der Waals surface area contributed by atoms with E-state index in [2.05, 4.69) is 0 Å². The van der Waals surface area contributed by atoms with Crippen molar-refractivity contribution < 1.29 is 18.7 Å². The summed E-state index contributed by atoms with van der Waals surface area (Å²) in [7, 11) is 0. The van der Waals surface area contributed by atoms with E-state index in [1.807, 2.05) is 42.5 Å². The minimum atomic E-state index is -0.399. The topological polar surface area (TPSA) is 59.8 Å². The Labute approximate surface area is 138 Å². The third-order valence-corrected chi connectivity index (χ3v) is 4.42. The number of esters is 1. The molecule has 3 aromatic rings. The Bertz CT molecular complexity index is 943. The Morgan fingerprint density at radius 2 is 2.00 bits per heavy atom. The molecular formula is C19H17NO4. The van der Waals surface area contributed by atoms with E-state index in [-0.39, 0.29) is 18.3 Å². The van der Waals surface area contributed by atoms with Crippen LogP contribution in [-0.2, 0) is 14.3 Å². The molecule has 0 bridgehead atoms. The molecule has 0 spiro atoms. The number of hydrogen-bond acceptors (Lipinski definition) is 4. The predicted octanol–water partition coefficient (Wildman–Crippen LogP) is 3.50. The summed E-state index contributed by atoms with van der Waals surface area (Å²) in [5.74, 6) is -0.773. The minimum Gasteiger partial charge on any atom is -0.466 e. The van der Waals surface area contributed by atoms with Gasteiger partial charge in [-0.05, 0) is 25.1 Å². The van der Waals surface area contributed by atoms with Gasteiger partial charge in [-0.1, -0.05) is 18.2 Å². The number of benzene rings is 2. The summed E-state index contributed by atoms with van der Waals surface area (Å²) in [4.78, 5) is 25.8. The summed E-state index contributed by atoms with van der Waals surface area (Å²) in [6.45, 7) is 2.44. The van der Waals surface area contributed by atoms with E-state index in [0.717, 1.165) is 27.6 Å². The van der Waals surface area contributed by atoms with E-state index in [4.69, 9.17) is 9.15 Å². The van der Waals surface area contributed by atoms with Gasteiger partial charge in [-0.25, -0.2) is 0 Å². The zero-order valence-electron chi connectivity index (χ0n) is 13.3. The zero-order valence-corrected chi connectivity index (χ0v) is 13.3. The highest BCUT2D eigenvalue weighted by Crippen LogP contribution is 2.33. The lowest BCUT2D eigenvalue weighted by atomic mass is 10.1. The maximum absolute atomic E-state index is 12.3. The smallest absolute Gasteiger partial charge is 0.311 e. The molecule has 1 amide bonds. The van der Waals surface area contributed by atoms with Gasteiger partial charge in [0.1, 0.15) is 11.2 Å². The molecular weight excluding hydrogens is 306 g/mol. The molecule has 2 aromatic carbocycles. The molecule has 5 nitrogen and oxygen atoms in total. The van der Waals surface area contributed by atoms with Crippen molar-refractivity contribution in [1.82, 2.24) is 0 Å². The van der Waals surface area contributed by atoms with Crippen molar-refractivity contribution in [2.45, 2.75) is 13.3 Å². The van der Waals surface area contributed by atoms with Crippen LogP contribution in [0.15, 0.2) is 46.9 Å². The van der Waals surface area contributed by atoms with E-state index >= 15 is 0 Å². The molecule has 5 heteroatoms. The van der Waals surface area contributed by atoms with Crippen LogP contribution < -0.4 is 4.90 Å². The van der Waals surface area contributed by atoms with Crippen molar-refractivity contribution in [2.24, 2.45) is 5.92 Å². The monoisotopic (exact) mass is 323 g/mol. The molecule has 122 valence electrons. The van der Waals surface area contributed by atoms with Crippen molar-refractivity contribution in [3.63, 3.8) is 0 Å². The fourth-order valence-electron chi connectivity index (χ4n) is 3.26. The molecule has 0 saturated carbocycles. The average Bonchev–Trinajstić information content (AvgIpc) is 3.15. The number of carbonyl (C=O) groups excluding carboxylic acids is 2. The van der Waals surface area contributed by atoms with Crippen LogP contribution in [0.4, 0.5) is 5.69 Å². The first-order chi connectivity index (χ1) is 11.7. The molecule has 1 aliphatic rings. The normalized spacial score (nSPS) is 17.8. The Balaban J connectivity index is 1.68. The van der Waals surface area contributed by atoms with Gasteiger partial charge >= 0.3 is 5.97 Å². The minimum absolute atomic E-state index is 0.0662. The first kappa shape index (κ1) is 14.8. The summed E-state index contributed by atoms with van der Waals surface area (Å²) in [5.41, 5.74) is 2.31. The van der Waals surface area contributed by atoms with Crippen LogP contribution >= 0.6 is 0 Å². The van der Waals surface area contributed by atoms with Gasteiger partial charge in [-0.15, -0.1) is 0 Å². The molecule has 1 unspecified atom stereocenters. The maximum atomic E-state index is 12.3. The molecule has 1 aliphatic heterocycles. The molecule has 0 radical (unpaired) electrons. The Hall–Kier alpha value is -2.82. The van der Waals surface area contributed by atoms with Gasteiger partial charge in [0, 0.05) is 35.5 Å². The number of rotatable bonds is 3. The second-order valence-electron chi connectivity index (χ2n) is 5.94. The summed E-state index contributed by atoms with van der Waals surface area (Å²) in [6.07, 6.45) is 0.191. The van der Waals surface area contributed by atoms with Crippen LogP contribution in [0.3, 0.4) is 0 Å². The van der Waals surface area contributed by atoms with Crippen LogP contribution in [0.25, 0.3) is 21.9 Å². The molecule has 1 atom stereocenters. The van der Waals surface area contributed by atoms with Gasteiger partial charge < -0.3 is 14.1 Å². The Morgan fingerprint density at radius 1 is 1.21 bits per heavy atom. The lowest BCUT2D eigenvalue weighted by Crippen LogP contribution is -2.26. The average molecular weight is 323 g/mol. The highest BCUT2D eigenvalue weighted by atomic mass is 16.5. The number of para-hydroxylation sites is 1. The number of carbonyl (C=O) groups is 2. The van der Waals surface area contributed by atoms with Crippen molar-refractivity contribution in [1.29, 1.82) is 0 Å². The molecule has 1 aromatic heterocycles. The second kappa shape index (κ2) is 5.67.